The lowest BCUT2D eigenvalue weighted by atomic mass is 9.81. The van der Waals surface area contributed by atoms with Gasteiger partial charge in [-0.15, -0.1) is 11.3 Å². The fourth-order valence-corrected chi connectivity index (χ4v) is 4.47. The van der Waals surface area contributed by atoms with Crippen LogP contribution in [-0.2, 0) is 17.8 Å². The average molecular weight is 414 g/mol. The molecular formula is C22H24FN3O2S. The number of hydrogen-bond donors (Lipinski definition) is 2. The molecule has 1 aromatic carbocycles. The molecule has 1 amide bonds. The number of carbonyl (C=O) groups excluding carboxylic acids is 1. The SMILES string of the molecule is O=C(C[C@H]1CCNC[C@@H]1Cc1cc(-c2ccc(F)cc2)on1)NCc1cccs1. The third kappa shape index (κ3) is 5.31. The first kappa shape index (κ1) is 19.8. The quantitative estimate of drug-likeness (QED) is 0.614. The molecule has 3 aromatic rings. The van der Waals surface area contributed by atoms with Crippen LogP contribution in [0.25, 0.3) is 11.3 Å². The van der Waals surface area contributed by atoms with E-state index in [4.69, 9.17) is 4.52 Å². The molecule has 4 rings (SSSR count). The summed E-state index contributed by atoms with van der Waals surface area (Å²) in [6.07, 6.45) is 2.25. The van der Waals surface area contributed by atoms with Crippen LogP contribution < -0.4 is 10.6 Å². The van der Waals surface area contributed by atoms with Crippen molar-refractivity contribution in [1.82, 2.24) is 15.8 Å². The molecule has 2 N–H and O–H groups in total. The van der Waals surface area contributed by atoms with E-state index in [2.05, 4.69) is 15.8 Å². The highest BCUT2D eigenvalue weighted by Crippen LogP contribution is 2.28. The Kier molecular flexibility index (Phi) is 6.36. The predicted octanol–water partition coefficient (Wildman–Crippen LogP) is 4.02. The summed E-state index contributed by atoms with van der Waals surface area (Å²) in [7, 11) is 0. The molecule has 1 aliphatic heterocycles. The van der Waals surface area contributed by atoms with E-state index in [0.717, 1.165) is 42.1 Å². The molecule has 5 nitrogen and oxygen atoms in total. The van der Waals surface area contributed by atoms with Gasteiger partial charge in [-0.05, 0) is 73.5 Å². The number of rotatable bonds is 7. The Morgan fingerprint density at radius 2 is 2.14 bits per heavy atom. The molecule has 0 bridgehead atoms. The number of carbonyl (C=O) groups is 1. The van der Waals surface area contributed by atoms with E-state index >= 15 is 0 Å². The lowest BCUT2D eigenvalue weighted by Crippen LogP contribution is -2.40. The maximum atomic E-state index is 13.1. The Balaban J connectivity index is 1.35. The summed E-state index contributed by atoms with van der Waals surface area (Å²) < 4.78 is 18.6. The van der Waals surface area contributed by atoms with Crippen LogP contribution >= 0.6 is 11.3 Å². The van der Waals surface area contributed by atoms with Gasteiger partial charge >= 0.3 is 0 Å². The minimum Gasteiger partial charge on any atom is -0.356 e. The van der Waals surface area contributed by atoms with Crippen LogP contribution in [0.1, 0.15) is 23.4 Å². The first-order valence-corrected chi connectivity index (χ1v) is 10.8. The number of benzene rings is 1. The van der Waals surface area contributed by atoms with Crippen LogP contribution in [0.4, 0.5) is 4.39 Å². The minimum absolute atomic E-state index is 0.0995. The second kappa shape index (κ2) is 9.33. The number of amides is 1. The van der Waals surface area contributed by atoms with Crippen LogP contribution in [0.15, 0.2) is 52.4 Å². The van der Waals surface area contributed by atoms with E-state index in [0.29, 0.717) is 30.6 Å². The molecule has 1 fully saturated rings. The van der Waals surface area contributed by atoms with Gasteiger partial charge in [0.1, 0.15) is 5.82 Å². The van der Waals surface area contributed by atoms with Gasteiger partial charge in [0.05, 0.1) is 12.2 Å². The van der Waals surface area contributed by atoms with Crippen molar-refractivity contribution in [1.29, 1.82) is 0 Å². The van der Waals surface area contributed by atoms with E-state index in [1.807, 2.05) is 23.6 Å². The van der Waals surface area contributed by atoms with Crippen molar-refractivity contribution in [2.75, 3.05) is 13.1 Å². The van der Waals surface area contributed by atoms with E-state index in [1.54, 1.807) is 23.5 Å². The van der Waals surface area contributed by atoms with Crippen molar-refractivity contribution in [3.05, 3.63) is 64.2 Å². The molecule has 1 saturated heterocycles. The maximum absolute atomic E-state index is 13.1. The summed E-state index contributed by atoms with van der Waals surface area (Å²) >= 11 is 1.65. The van der Waals surface area contributed by atoms with Crippen LogP contribution in [0.2, 0.25) is 0 Å². The Morgan fingerprint density at radius 1 is 1.28 bits per heavy atom. The van der Waals surface area contributed by atoms with Gasteiger partial charge in [0.15, 0.2) is 5.76 Å². The van der Waals surface area contributed by atoms with E-state index in [1.165, 1.54) is 12.1 Å². The van der Waals surface area contributed by atoms with Crippen LogP contribution in [0, 0.1) is 17.7 Å². The molecule has 29 heavy (non-hydrogen) atoms. The monoisotopic (exact) mass is 413 g/mol. The molecule has 2 aromatic heterocycles. The van der Waals surface area contributed by atoms with Gasteiger partial charge in [0.2, 0.25) is 5.91 Å². The number of halogens is 1. The van der Waals surface area contributed by atoms with E-state index in [-0.39, 0.29) is 11.7 Å². The topological polar surface area (TPSA) is 67.2 Å². The summed E-state index contributed by atoms with van der Waals surface area (Å²) in [5, 5.41) is 12.7. The highest BCUT2D eigenvalue weighted by molar-refractivity contribution is 7.09. The Bertz CT molecular complexity index is 924. The summed E-state index contributed by atoms with van der Waals surface area (Å²) in [5.74, 6) is 1.09. The standard InChI is InChI=1S/C22H24FN3O2S/c23-18-5-3-15(4-6-18)21-12-19(26-28-21)10-17-13-24-8-7-16(17)11-22(27)25-14-20-2-1-9-29-20/h1-6,9,12,16-17,24H,7-8,10-11,13-14H2,(H,25,27)/t16-,17+/m1/s1. The van der Waals surface area contributed by atoms with Crippen molar-refractivity contribution in [2.45, 2.75) is 25.8 Å². The van der Waals surface area contributed by atoms with Gasteiger partial charge in [-0.1, -0.05) is 11.2 Å². The molecule has 1 aliphatic rings. The Labute approximate surface area is 173 Å². The summed E-state index contributed by atoms with van der Waals surface area (Å²) in [6, 6.07) is 12.1. The molecule has 0 unspecified atom stereocenters. The number of aromatic nitrogens is 1. The number of thiophene rings is 1. The highest BCUT2D eigenvalue weighted by atomic mass is 32.1. The fourth-order valence-electron chi connectivity index (χ4n) is 3.82. The Morgan fingerprint density at radius 3 is 2.93 bits per heavy atom. The minimum atomic E-state index is -0.276. The largest absolute Gasteiger partial charge is 0.356 e. The third-order valence-electron chi connectivity index (χ3n) is 5.41. The van der Waals surface area contributed by atoms with Gasteiger partial charge in [-0.25, -0.2) is 4.39 Å². The lowest BCUT2D eigenvalue weighted by Gasteiger charge is -2.31. The second-order valence-electron chi connectivity index (χ2n) is 7.47. The normalized spacial score (nSPS) is 19.2. The number of piperidine rings is 1. The van der Waals surface area contributed by atoms with Crippen LogP contribution in [0.3, 0.4) is 0 Å². The smallest absolute Gasteiger partial charge is 0.220 e. The molecule has 2 atom stereocenters. The van der Waals surface area contributed by atoms with Crippen molar-refractivity contribution < 1.29 is 13.7 Å². The molecule has 152 valence electrons. The second-order valence-corrected chi connectivity index (χ2v) is 8.50. The molecule has 7 heteroatoms. The van der Waals surface area contributed by atoms with Gasteiger partial charge in [-0.2, -0.15) is 0 Å². The molecule has 0 aliphatic carbocycles. The summed E-state index contributed by atoms with van der Waals surface area (Å²) in [6.45, 7) is 2.39. The van der Waals surface area contributed by atoms with Gasteiger partial charge in [-0.3, -0.25) is 4.79 Å². The van der Waals surface area contributed by atoms with Crippen molar-refractivity contribution >= 4 is 17.2 Å². The number of hydrogen-bond acceptors (Lipinski definition) is 5. The lowest BCUT2D eigenvalue weighted by molar-refractivity contribution is -0.122. The molecule has 0 radical (unpaired) electrons. The first-order chi connectivity index (χ1) is 14.2. The predicted molar refractivity (Wildman–Crippen MR) is 111 cm³/mol. The average Bonchev–Trinajstić information content (AvgIpc) is 3.41. The third-order valence-corrected chi connectivity index (χ3v) is 6.29. The summed E-state index contributed by atoms with van der Waals surface area (Å²) in [4.78, 5) is 13.6. The van der Waals surface area contributed by atoms with Gasteiger partial charge in [0.25, 0.3) is 0 Å². The summed E-state index contributed by atoms with van der Waals surface area (Å²) in [5.41, 5.74) is 1.67. The van der Waals surface area contributed by atoms with Crippen LogP contribution in [-0.4, -0.2) is 24.2 Å². The van der Waals surface area contributed by atoms with E-state index in [9.17, 15) is 9.18 Å². The highest BCUT2D eigenvalue weighted by Gasteiger charge is 2.28. The van der Waals surface area contributed by atoms with Gasteiger partial charge < -0.3 is 15.2 Å². The van der Waals surface area contributed by atoms with Crippen LogP contribution in [0.5, 0.6) is 0 Å². The molecule has 3 heterocycles. The fraction of sp³-hybridized carbons (Fsp3) is 0.364. The number of nitrogens with one attached hydrogen (secondary N) is 2. The zero-order valence-electron chi connectivity index (χ0n) is 16.1. The molecule has 0 saturated carbocycles. The molecule has 0 spiro atoms. The van der Waals surface area contributed by atoms with E-state index < -0.39 is 0 Å². The zero-order chi connectivity index (χ0) is 20.1. The molecular weight excluding hydrogens is 389 g/mol. The van der Waals surface area contributed by atoms with Gasteiger partial charge in [0, 0.05) is 22.9 Å². The number of nitrogens with zero attached hydrogens (tertiary/aromatic N) is 1. The maximum Gasteiger partial charge on any atom is 0.220 e. The van der Waals surface area contributed by atoms with Crippen molar-refractivity contribution in [2.24, 2.45) is 11.8 Å². The first-order valence-electron chi connectivity index (χ1n) is 9.88. The van der Waals surface area contributed by atoms with Crippen molar-refractivity contribution in [3.8, 4) is 11.3 Å². The Hall–Kier alpha value is -2.51. The van der Waals surface area contributed by atoms with Crippen molar-refractivity contribution in [3.63, 3.8) is 0 Å². The zero-order valence-corrected chi connectivity index (χ0v) is 16.9.